The summed E-state index contributed by atoms with van der Waals surface area (Å²) >= 11 is 12.0. The molecular formula is C22H19Cl2NO3. The van der Waals surface area contributed by atoms with Crippen molar-refractivity contribution < 1.29 is 14.6 Å². The Labute approximate surface area is 173 Å². The van der Waals surface area contributed by atoms with Crippen molar-refractivity contribution >= 4 is 34.8 Å². The number of aromatic hydroxyl groups is 1. The van der Waals surface area contributed by atoms with E-state index in [4.69, 9.17) is 27.9 Å². The van der Waals surface area contributed by atoms with Crippen LogP contribution in [0.4, 0.5) is 5.69 Å². The molecular weight excluding hydrogens is 397 g/mol. The molecule has 0 fully saturated rings. The van der Waals surface area contributed by atoms with Crippen LogP contribution in [0.5, 0.6) is 11.5 Å². The number of ether oxygens (including phenoxy) is 1. The number of nitrogens with one attached hydrogen (secondary N) is 1. The number of carbonyl (C=O) groups excluding carboxylic acids is 1. The maximum atomic E-state index is 12.6. The standard InChI is InChI=1S/C22H19Cl2NO3/c1-14-3-2-4-15(11-14)9-10-28-21-8-6-17(24)13-19(21)25-22(27)18-12-16(23)5-7-20(18)26/h2-8,11-13,26H,9-10H2,1H3,(H,25,27). The lowest BCUT2D eigenvalue weighted by Gasteiger charge is -2.14. The Morgan fingerprint density at radius 1 is 1.04 bits per heavy atom. The molecule has 0 aromatic heterocycles. The number of hydrogen-bond acceptors (Lipinski definition) is 3. The molecule has 4 nitrogen and oxygen atoms in total. The number of aryl methyl sites for hydroxylation is 1. The van der Waals surface area contributed by atoms with E-state index < -0.39 is 5.91 Å². The molecule has 0 unspecified atom stereocenters. The molecule has 0 bridgehead atoms. The zero-order valence-electron chi connectivity index (χ0n) is 15.2. The third-order valence-corrected chi connectivity index (χ3v) is 4.59. The van der Waals surface area contributed by atoms with Gasteiger partial charge in [0.05, 0.1) is 17.9 Å². The summed E-state index contributed by atoms with van der Waals surface area (Å²) in [5.41, 5.74) is 2.85. The predicted octanol–water partition coefficient (Wildman–Crippen LogP) is 5.88. The molecule has 0 radical (unpaired) electrons. The molecule has 1 amide bonds. The first-order chi connectivity index (χ1) is 13.4. The number of benzene rings is 3. The van der Waals surface area contributed by atoms with Crippen LogP contribution in [-0.2, 0) is 6.42 Å². The monoisotopic (exact) mass is 415 g/mol. The molecule has 0 saturated carbocycles. The summed E-state index contributed by atoms with van der Waals surface area (Å²) in [5, 5.41) is 13.5. The van der Waals surface area contributed by atoms with Crippen molar-refractivity contribution in [2.75, 3.05) is 11.9 Å². The number of rotatable bonds is 6. The molecule has 2 N–H and O–H groups in total. The van der Waals surface area contributed by atoms with Crippen LogP contribution >= 0.6 is 23.2 Å². The Morgan fingerprint density at radius 2 is 1.79 bits per heavy atom. The number of halogens is 2. The zero-order chi connectivity index (χ0) is 20.1. The molecule has 6 heteroatoms. The van der Waals surface area contributed by atoms with Crippen molar-refractivity contribution in [3.8, 4) is 11.5 Å². The van der Waals surface area contributed by atoms with Gasteiger partial charge in [-0.1, -0.05) is 53.0 Å². The van der Waals surface area contributed by atoms with Gasteiger partial charge in [-0.25, -0.2) is 0 Å². The summed E-state index contributed by atoms with van der Waals surface area (Å²) < 4.78 is 5.86. The van der Waals surface area contributed by atoms with Gasteiger partial charge in [0.25, 0.3) is 5.91 Å². The second-order valence-electron chi connectivity index (χ2n) is 6.34. The highest BCUT2D eigenvalue weighted by atomic mass is 35.5. The van der Waals surface area contributed by atoms with E-state index in [1.54, 1.807) is 18.2 Å². The summed E-state index contributed by atoms with van der Waals surface area (Å²) in [6.45, 7) is 2.48. The number of amides is 1. The fraction of sp³-hybridized carbons (Fsp3) is 0.136. The summed E-state index contributed by atoms with van der Waals surface area (Å²) in [7, 11) is 0. The SMILES string of the molecule is Cc1cccc(CCOc2ccc(Cl)cc2NC(=O)c2cc(Cl)ccc2O)c1. The number of carbonyl (C=O) groups is 1. The van der Waals surface area contributed by atoms with Crippen LogP contribution in [0.3, 0.4) is 0 Å². The third kappa shape index (κ3) is 5.18. The molecule has 3 aromatic rings. The van der Waals surface area contributed by atoms with Crippen molar-refractivity contribution in [2.45, 2.75) is 13.3 Å². The van der Waals surface area contributed by atoms with E-state index in [2.05, 4.69) is 11.4 Å². The maximum Gasteiger partial charge on any atom is 0.259 e. The molecule has 0 aliphatic rings. The Balaban J connectivity index is 1.73. The zero-order valence-corrected chi connectivity index (χ0v) is 16.7. The molecule has 144 valence electrons. The minimum Gasteiger partial charge on any atom is -0.507 e. The summed E-state index contributed by atoms with van der Waals surface area (Å²) in [5.74, 6) is -0.177. The third-order valence-electron chi connectivity index (χ3n) is 4.12. The lowest BCUT2D eigenvalue weighted by molar-refractivity contribution is 0.102. The highest BCUT2D eigenvalue weighted by molar-refractivity contribution is 6.31. The van der Waals surface area contributed by atoms with Gasteiger partial charge in [0, 0.05) is 16.5 Å². The first-order valence-corrected chi connectivity index (χ1v) is 9.46. The van der Waals surface area contributed by atoms with Crippen molar-refractivity contribution in [2.24, 2.45) is 0 Å². The van der Waals surface area contributed by atoms with Crippen molar-refractivity contribution in [1.82, 2.24) is 0 Å². The lowest BCUT2D eigenvalue weighted by atomic mass is 10.1. The Kier molecular flexibility index (Phi) is 6.45. The number of phenols is 1. The predicted molar refractivity (Wildman–Crippen MR) is 113 cm³/mol. The van der Waals surface area contributed by atoms with Crippen LogP contribution < -0.4 is 10.1 Å². The molecule has 3 aromatic carbocycles. The molecule has 0 heterocycles. The van der Waals surface area contributed by atoms with E-state index in [9.17, 15) is 9.90 Å². The van der Waals surface area contributed by atoms with Gasteiger partial charge in [0.15, 0.2) is 0 Å². The molecule has 0 aliphatic heterocycles. The number of phenolic OH excluding ortho intramolecular Hbond substituents is 1. The van der Waals surface area contributed by atoms with E-state index in [1.807, 2.05) is 25.1 Å². The minimum absolute atomic E-state index is 0.0678. The quantitative estimate of drug-likeness (QED) is 0.528. The van der Waals surface area contributed by atoms with E-state index in [-0.39, 0.29) is 11.3 Å². The van der Waals surface area contributed by atoms with Gasteiger partial charge in [0.2, 0.25) is 0 Å². The van der Waals surface area contributed by atoms with Crippen molar-refractivity contribution in [3.63, 3.8) is 0 Å². The van der Waals surface area contributed by atoms with Gasteiger partial charge in [0.1, 0.15) is 11.5 Å². The van der Waals surface area contributed by atoms with Gasteiger partial charge in [-0.05, 0) is 48.9 Å². The highest BCUT2D eigenvalue weighted by Crippen LogP contribution is 2.30. The van der Waals surface area contributed by atoms with Crippen LogP contribution in [0.1, 0.15) is 21.5 Å². The molecule has 0 spiro atoms. The van der Waals surface area contributed by atoms with E-state index in [0.717, 1.165) is 6.42 Å². The average molecular weight is 416 g/mol. The van der Waals surface area contributed by atoms with Gasteiger partial charge in [-0.3, -0.25) is 4.79 Å². The lowest BCUT2D eigenvalue weighted by Crippen LogP contribution is -2.13. The van der Waals surface area contributed by atoms with Gasteiger partial charge >= 0.3 is 0 Å². The highest BCUT2D eigenvalue weighted by Gasteiger charge is 2.15. The second kappa shape index (κ2) is 9.00. The maximum absolute atomic E-state index is 12.6. The smallest absolute Gasteiger partial charge is 0.259 e. The molecule has 28 heavy (non-hydrogen) atoms. The van der Waals surface area contributed by atoms with Crippen LogP contribution in [0.2, 0.25) is 10.0 Å². The number of anilines is 1. The summed E-state index contributed by atoms with van der Waals surface area (Å²) in [6.07, 6.45) is 0.729. The largest absolute Gasteiger partial charge is 0.507 e. The summed E-state index contributed by atoms with van der Waals surface area (Å²) in [4.78, 5) is 12.6. The molecule has 3 rings (SSSR count). The second-order valence-corrected chi connectivity index (χ2v) is 7.22. The topological polar surface area (TPSA) is 58.6 Å². The van der Waals surface area contributed by atoms with E-state index in [0.29, 0.717) is 28.1 Å². The molecule has 0 atom stereocenters. The van der Waals surface area contributed by atoms with Crippen molar-refractivity contribution in [1.29, 1.82) is 0 Å². The Morgan fingerprint density at radius 3 is 2.57 bits per heavy atom. The fourth-order valence-electron chi connectivity index (χ4n) is 2.75. The first-order valence-electron chi connectivity index (χ1n) is 8.70. The Bertz CT molecular complexity index is 1000. The van der Waals surface area contributed by atoms with Crippen LogP contribution in [0.15, 0.2) is 60.7 Å². The van der Waals surface area contributed by atoms with Gasteiger partial charge < -0.3 is 15.2 Å². The minimum atomic E-state index is -0.509. The van der Waals surface area contributed by atoms with Crippen LogP contribution in [0, 0.1) is 6.92 Å². The van der Waals surface area contributed by atoms with Crippen LogP contribution in [-0.4, -0.2) is 17.6 Å². The van der Waals surface area contributed by atoms with E-state index in [1.165, 1.54) is 29.3 Å². The number of hydrogen-bond donors (Lipinski definition) is 2. The van der Waals surface area contributed by atoms with Crippen LogP contribution in [0.25, 0.3) is 0 Å². The molecule has 0 aliphatic carbocycles. The normalized spacial score (nSPS) is 10.5. The average Bonchev–Trinajstić information content (AvgIpc) is 2.65. The van der Waals surface area contributed by atoms with Crippen molar-refractivity contribution in [3.05, 3.63) is 87.4 Å². The first kappa shape index (κ1) is 20.1. The summed E-state index contributed by atoms with van der Waals surface area (Å²) in [6, 6.07) is 17.5. The van der Waals surface area contributed by atoms with Gasteiger partial charge in [-0.2, -0.15) is 0 Å². The Hall–Kier alpha value is -2.69. The van der Waals surface area contributed by atoms with Gasteiger partial charge in [-0.15, -0.1) is 0 Å². The fourth-order valence-corrected chi connectivity index (χ4v) is 3.10. The molecule has 0 saturated heterocycles. The van der Waals surface area contributed by atoms with E-state index >= 15 is 0 Å².